The van der Waals surface area contributed by atoms with Crippen molar-refractivity contribution in [3.63, 3.8) is 0 Å². The molecule has 0 radical (unpaired) electrons. The van der Waals surface area contributed by atoms with Crippen molar-refractivity contribution in [3.05, 3.63) is 28.7 Å². The first-order chi connectivity index (χ1) is 8.69. The second-order valence-electron chi connectivity index (χ2n) is 5.19. The van der Waals surface area contributed by atoms with Crippen molar-refractivity contribution in [2.24, 2.45) is 5.92 Å². The summed E-state index contributed by atoms with van der Waals surface area (Å²) in [6.45, 7) is 6.09. The standard InChI is InChI=1S/C14H23N3O/c1-3-17-11-13(6-7-14(17)18)15-9-12-5-4-8-16(2)10-12/h6-7,11-12,15H,3-5,8-10H2,1-2H3. The van der Waals surface area contributed by atoms with Gasteiger partial charge in [-0.15, -0.1) is 0 Å². The number of pyridine rings is 1. The lowest BCUT2D eigenvalue weighted by molar-refractivity contribution is 0.217. The third kappa shape index (κ3) is 3.35. The topological polar surface area (TPSA) is 37.3 Å². The molecule has 1 fully saturated rings. The second kappa shape index (κ2) is 6.05. The van der Waals surface area contributed by atoms with E-state index in [-0.39, 0.29) is 5.56 Å². The van der Waals surface area contributed by atoms with Crippen molar-refractivity contribution in [1.82, 2.24) is 9.47 Å². The van der Waals surface area contributed by atoms with Gasteiger partial charge in [0.2, 0.25) is 0 Å². The van der Waals surface area contributed by atoms with Crippen molar-refractivity contribution < 1.29 is 0 Å². The van der Waals surface area contributed by atoms with Crippen LogP contribution in [0, 0.1) is 5.92 Å². The molecular weight excluding hydrogens is 226 g/mol. The van der Waals surface area contributed by atoms with Gasteiger partial charge in [-0.1, -0.05) is 0 Å². The van der Waals surface area contributed by atoms with Gasteiger partial charge < -0.3 is 14.8 Å². The van der Waals surface area contributed by atoms with Gasteiger partial charge in [0.15, 0.2) is 0 Å². The van der Waals surface area contributed by atoms with E-state index in [1.165, 1.54) is 25.9 Å². The Labute approximate surface area is 109 Å². The Morgan fingerprint density at radius 3 is 3.00 bits per heavy atom. The highest BCUT2D eigenvalue weighted by Crippen LogP contribution is 2.15. The molecule has 1 aliphatic rings. The molecule has 0 saturated carbocycles. The van der Waals surface area contributed by atoms with Crippen molar-refractivity contribution in [1.29, 1.82) is 0 Å². The largest absolute Gasteiger partial charge is 0.384 e. The van der Waals surface area contributed by atoms with Crippen LogP contribution < -0.4 is 10.9 Å². The van der Waals surface area contributed by atoms with Crippen LogP contribution >= 0.6 is 0 Å². The lowest BCUT2D eigenvalue weighted by Crippen LogP contribution is -2.35. The average Bonchev–Trinajstić information content (AvgIpc) is 2.38. The predicted molar refractivity (Wildman–Crippen MR) is 75.1 cm³/mol. The fourth-order valence-electron chi connectivity index (χ4n) is 2.59. The van der Waals surface area contributed by atoms with Crippen LogP contribution in [-0.4, -0.2) is 36.1 Å². The van der Waals surface area contributed by atoms with Crippen LogP contribution in [-0.2, 0) is 6.54 Å². The molecule has 0 bridgehead atoms. The number of aromatic nitrogens is 1. The van der Waals surface area contributed by atoms with Crippen molar-refractivity contribution >= 4 is 5.69 Å². The first-order valence-corrected chi connectivity index (χ1v) is 6.82. The van der Waals surface area contributed by atoms with Gasteiger partial charge in [-0.3, -0.25) is 4.79 Å². The van der Waals surface area contributed by atoms with Crippen LogP contribution in [0.15, 0.2) is 23.1 Å². The molecule has 1 N–H and O–H groups in total. The summed E-state index contributed by atoms with van der Waals surface area (Å²) in [5.41, 5.74) is 1.12. The van der Waals surface area contributed by atoms with Gasteiger partial charge in [0.1, 0.15) is 0 Å². The Morgan fingerprint density at radius 1 is 1.44 bits per heavy atom. The number of rotatable bonds is 4. The van der Waals surface area contributed by atoms with Gasteiger partial charge in [-0.25, -0.2) is 0 Å². The SMILES string of the molecule is CCn1cc(NCC2CCCN(C)C2)ccc1=O. The Kier molecular flexibility index (Phi) is 4.42. The van der Waals surface area contributed by atoms with Crippen LogP contribution in [0.3, 0.4) is 0 Å². The molecule has 4 nitrogen and oxygen atoms in total. The van der Waals surface area contributed by atoms with Crippen molar-refractivity contribution in [2.75, 3.05) is 32.0 Å². The molecule has 1 unspecified atom stereocenters. The summed E-state index contributed by atoms with van der Waals surface area (Å²) in [5.74, 6) is 0.714. The lowest BCUT2D eigenvalue weighted by atomic mass is 9.98. The fourth-order valence-corrected chi connectivity index (χ4v) is 2.59. The molecule has 0 aromatic carbocycles. The Bertz CT molecular complexity index is 441. The summed E-state index contributed by atoms with van der Waals surface area (Å²) in [5, 5.41) is 3.45. The summed E-state index contributed by atoms with van der Waals surface area (Å²) in [6, 6.07) is 3.51. The Morgan fingerprint density at radius 2 is 2.28 bits per heavy atom. The summed E-state index contributed by atoms with van der Waals surface area (Å²) in [6.07, 6.45) is 4.50. The van der Waals surface area contributed by atoms with Gasteiger partial charge in [-0.2, -0.15) is 0 Å². The molecule has 2 heterocycles. The molecule has 100 valence electrons. The number of piperidine rings is 1. The van der Waals surface area contributed by atoms with Gasteiger partial charge in [-0.05, 0) is 45.3 Å². The molecule has 1 aliphatic heterocycles. The van der Waals surface area contributed by atoms with Gasteiger partial charge in [0, 0.05) is 31.9 Å². The predicted octanol–water partition coefficient (Wildman–Crippen LogP) is 1.62. The maximum Gasteiger partial charge on any atom is 0.250 e. The third-order valence-electron chi connectivity index (χ3n) is 3.64. The highest BCUT2D eigenvalue weighted by Gasteiger charge is 2.16. The Balaban J connectivity index is 1.91. The molecule has 4 heteroatoms. The van der Waals surface area contributed by atoms with E-state index in [1.807, 2.05) is 19.2 Å². The number of nitrogens with one attached hydrogen (secondary N) is 1. The zero-order chi connectivity index (χ0) is 13.0. The molecule has 0 spiro atoms. The molecule has 1 atom stereocenters. The van der Waals surface area contributed by atoms with Crippen molar-refractivity contribution in [3.8, 4) is 0 Å². The summed E-state index contributed by atoms with van der Waals surface area (Å²) < 4.78 is 1.73. The number of hydrogen-bond donors (Lipinski definition) is 1. The quantitative estimate of drug-likeness (QED) is 0.881. The van der Waals surface area contributed by atoms with E-state index in [0.29, 0.717) is 5.92 Å². The van der Waals surface area contributed by atoms with Crippen LogP contribution in [0.25, 0.3) is 0 Å². The molecular formula is C14H23N3O. The molecule has 0 amide bonds. The van der Waals surface area contributed by atoms with Crippen LogP contribution in [0.4, 0.5) is 5.69 Å². The highest BCUT2D eigenvalue weighted by molar-refractivity contribution is 5.40. The van der Waals surface area contributed by atoms with E-state index in [2.05, 4.69) is 17.3 Å². The maximum absolute atomic E-state index is 11.5. The monoisotopic (exact) mass is 249 g/mol. The van der Waals surface area contributed by atoms with Gasteiger partial charge >= 0.3 is 0 Å². The van der Waals surface area contributed by atoms with Gasteiger partial charge in [0.25, 0.3) is 5.56 Å². The van der Waals surface area contributed by atoms with Gasteiger partial charge in [0.05, 0.1) is 5.69 Å². The van der Waals surface area contributed by atoms with Crippen LogP contribution in [0.5, 0.6) is 0 Å². The minimum Gasteiger partial charge on any atom is -0.384 e. The molecule has 2 rings (SSSR count). The van der Waals surface area contributed by atoms with E-state index >= 15 is 0 Å². The smallest absolute Gasteiger partial charge is 0.250 e. The summed E-state index contributed by atoms with van der Waals surface area (Å²) in [7, 11) is 2.18. The molecule has 1 aromatic rings. The lowest BCUT2D eigenvalue weighted by Gasteiger charge is -2.30. The minimum atomic E-state index is 0.0699. The summed E-state index contributed by atoms with van der Waals surface area (Å²) in [4.78, 5) is 13.9. The molecule has 1 saturated heterocycles. The first kappa shape index (κ1) is 13.1. The third-order valence-corrected chi connectivity index (χ3v) is 3.64. The maximum atomic E-state index is 11.5. The Hall–Kier alpha value is -1.29. The zero-order valence-corrected chi connectivity index (χ0v) is 11.4. The minimum absolute atomic E-state index is 0.0699. The first-order valence-electron chi connectivity index (χ1n) is 6.82. The summed E-state index contributed by atoms with van der Waals surface area (Å²) >= 11 is 0. The number of likely N-dealkylation sites (tertiary alicyclic amines) is 1. The fraction of sp³-hybridized carbons (Fsp3) is 0.643. The van der Waals surface area contributed by atoms with E-state index in [1.54, 1.807) is 10.6 Å². The van der Waals surface area contributed by atoms with Crippen molar-refractivity contribution in [2.45, 2.75) is 26.3 Å². The van der Waals surface area contributed by atoms with E-state index < -0.39 is 0 Å². The van der Waals surface area contributed by atoms with E-state index in [4.69, 9.17) is 0 Å². The highest BCUT2D eigenvalue weighted by atomic mass is 16.1. The van der Waals surface area contributed by atoms with E-state index in [9.17, 15) is 4.79 Å². The second-order valence-corrected chi connectivity index (χ2v) is 5.19. The zero-order valence-electron chi connectivity index (χ0n) is 11.4. The number of aryl methyl sites for hydroxylation is 1. The normalized spacial score (nSPS) is 20.9. The average molecular weight is 249 g/mol. The molecule has 1 aromatic heterocycles. The molecule has 18 heavy (non-hydrogen) atoms. The van der Waals surface area contributed by atoms with Crippen LogP contribution in [0.2, 0.25) is 0 Å². The number of nitrogens with zero attached hydrogens (tertiary/aromatic N) is 2. The van der Waals surface area contributed by atoms with Crippen LogP contribution in [0.1, 0.15) is 19.8 Å². The molecule has 0 aliphatic carbocycles. The number of hydrogen-bond acceptors (Lipinski definition) is 3. The number of anilines is 1. The van der Waals surface area contributed by atoms with E-state index in [0.717, 1.165) is 18.8 Å².